The van der Waals surface area contributed by atoms with E-state index in [0.29, 0.717) is 23.6 Å². The summed E-state index contributed by atoms with van der Waals surface area (Å²) >= 11 is 6.19. The molecular formula is C12H20ClNO. The highest BCUT2D eigenvalue weighted by molar-refractivity contribution is 6.20. The Morgan fingerprint density at radius 3 is 2.53 bits per heavy atom. The molecule has 0 aromatic heterocycles. The van der Waals surface area contributed by atoms with E-state index in [1.54, 1.807) is 0 Å². The Morgan fingerprint density at radius 2 is 1.93 bits per heavy atom. The van der Waals surface area contributed by atoms with Crippen molar-refractivity contribution in [1.82, 2.24) is 4.90 Å². The average Bonchev–Trinajstić information content (AvgIpc) is 2.16. The smallest absolute Gasteiger partial charge is 0.0678 e. The van der Waals surface area contributed by atoms with Gasteiger partial charge in [0.2, 0.25) is 0 Å². The molecule has 1 aliphatic carbocycles. The van der Waals surface area contributed by atoms with E-state index in [-0.39, 0.29) is 0 Å². The summed E-state index contributed by atoms with van der Waals surface area (Å²) < 4.78 is 5.74. The largest absolute Gasteiger partial charge is 0.373 e. The van der Waals surface area contributed by atoms with Crippen molar-refractivity contribution in [1.29, 1.82) is 0 Å². The number of rotatable bonds is 1. The first-order valence-electron chi connectivity index (χ1n) is 5.85. The first kappa shape index (κ1) is 11.4. The molecule has 2 rings (SSSR count). The molecule has 2 nitrogen and oxygen atoms in total. The Balaban J connectivity index is 1.97. The van der Waals surface area contributed by atoms with E-state index >= 15 is 0 Å². The van der Waals surface area contributed by atoms with Gasteiger partial charge in [0.1, 0.15) is 0 Å². The molecule has 1 aliphatic heterocycles. The Hall–Kier alpha value is -0.0500. The predicted octanol–water partition coefficient (Wildman–Crippen LogP) is 2.42. The van der Waals surface area contributed by atoms with Crippen LogP contribution in [0.15, 0.2) is 12.2 Å². The molecule has 0 saturated carbocycles. The zero-order chi connectivity index (χ0) is 10.8. The van der Waals surface area contributed by atoms with Crippen molar-refractivity contribution >= 4 is 11.6 Å². The third-order valence-electron chi connectivity index (χ3n) is 3.16. The van der Waals surface area contributed by atoms with Crippen LogP contribution in [0, 0.1) is 0 Å². The number of allylic oxidation sites excluding steroid dienone is 1. The normalized spacial score (nSPS) is 43.1. The molecule has 86 valence electrons. The van der Waals surface area contributed by atoms with Crippen LogP contribution in [0.1, 0.15) is 26.7 Å². The maximum atomic E-state index is 6.19. The van der Waals surface area contributed by atoms with E-state index in [1.807, 2.05) is 0 Å². The molecule has 4 unspecified atom stereocenters. The second-order valence-corrected chi connectivity index (χ2v) is 5.39. The van der Waals surface area contributed by atoms with Crippen LogP contribution in [0.25, 0.3) is 0 Å². The van der Waals surface area contributed by atoms with Gasteiger partial charge in [-0.15, -0.1) is 11.6 Å². The van der Waals surface area contributed by atoms with Crippen molar-refractivity contribution in [3.63, 3.8) is 0 Å². The van der Waals surface area contributed by atoms with E-state index in [0.717, 1.165) is 25.9 Å². The van der Waals surface area contributed by atoms with Crippen LogP contribution in [0.2, 0.25) is 0 Å². The molecule has 1 fully saturated rings. The molecule has 4 atom stereocenters. The van der Waals surface area contributed by atoms with Crippen molar-refractivity contribution in [2.24, 2.45) is 0 Å². The third kappa shape index (κ3) is 2.96. The molecule has 0 N–H and O–H groups in total. The van der Waals surface area contributed by atoms with Crippen molar-refractivity contribution in [3.8, 4) is 0 Å². The second-order valence-electron chi connectivity index (χ2n) is 4.78. The lowest BCUT2D eigenvalue weighted by Crippen LogP contribution is -2.50. The van der Waals surface area contributed by atoms with Crippen LogP contribution < -0.4 is 0 Å². The van der Waals surface area contributed by atoms with Gasteiger partial charge in [0, 0.05) is 24.5 Å². The fourth-order valence-electron chi connectivity index (χ4n) is 2.58. The van der Waals surface area contributed by atoms with Crippen molar-refractivity contribution in [2.75, 3.05) is 13.1 Å². The molecule has 15 heavy (non-hydrogen) atoms. The third-order valence-corrected chi connectivity index (χ3v) is 3.52. The minimum atomic E-state index is 0.313. The van der Waals surface area contributed by atoms with Crippen molar-refractivity contribution < 1.29 is 4.74 Å². The van der Waals surface area contributed by atoms with Gasteiger partial charge in [-0.05, 0) is 26.7 Å². The van der Waals surface area contributed by atoms with Crippen molar-refractivity contribution in [3.05, 3.63) is 12.2 Å². The lowest BCUT2D eigenvalue weighted by molar-refractivity contribution is -0.0763. The molecule has 0 spiro atoms. The first-order valence-corrected chi connectivity index (χ1v) is 6.29. The van der Waals surface area contributed by atoms with Gasteiger partial charge >= 0.3 is 0 Å². The summed E-state index contributed by atoms with van der Waals surface area (Å²) in [4.78, 5) is 2.50. The zero-order valence-electron chi connectivity index (χ0n) is 9.53. The van der Waals surface area contributed by atoms with Gasteiger partial charge in [-0.25, -0.2) is 0 Å². The van der Waals surface area contributed by atoms with Crippen LogP contribution in [0.4, 0.5) is 0 Å². The summed E-state index contributed by atoms with van der Waals surface area (Å²) in [7, 11) is 0. The van der Waals surface area contributed by atoms with E-state index in [2.05, 4.69) is 30.9 Å². The fourth-order valence-corrected chi connectivity index (χ4v) is 2.86. The Labute approximate surface area is 97.2 Å². The molecule has 1 saturated heterocycles. The summed E-state index contributed by atoms with van der Waals surface area (Å²) in [6.45, 7) is 6.35. The SMILES string of the molecule is CC1CN(C2C=CCC(Cl)C2)CC(C)O1. The molecule has 0 aromatic rings. The lowest BCUT2D eigenvalue weighted by Gasteiger charge is -2.40. The highest BCUT2D eigenvalue weighted by Crippen LogP contribution is 2.24. The highest BCUT2D eigenvalue weighted by atomic mass is 35.5. The zero-order valence-corrected chi connectivity index (χ0v) is 10.3. The molecule has 0 bridgehead atoms. The summed E-state index contributed by atoms with van der Waals surface area (Å²) in [5.74, 6) is 0. The molecule has 0 aromatic carbocycles. The van der Waals surface area contributed by atoms with Crippen LogP contribution in [-0.2, 0) is 4.74 Å². The number of ether oxygens (including phenoxy) is 1. The summed E-state index contributed by atoms with van der Waals surface area (Å²) in [5, 5.41) is 0.313. The van der Waals surface area contributed by atoms with E-state index in [1.165, 1.54) is 0 Å². The summed E-state index contributed by atoms with van der Waals surface area (Å²) in [6, 6.07) is 0.523. The quantitative estimate of drug-likeness (QED) is 0.506. The second kappa shape index (κ2) is 4.86. The summed E-state index contributed by atoms with van der Waals surface area (Å²) in [5.41, 5.74) is 0. The van der Waals surface area contributed by atoms with Gasteiger partial charge in [0.05, 0.1) is 12.2 Å². The minimum absolute atomic E-state index is 0.313. The molecule has 0 radical (unpaired) electrons. The molecule has 2 aliphatic rings. The van der Waals surface area contributed by atoms with E-state index in [4.69, 9.17) is 16.3 Å². The molecular weight excluding hydrogens is 210 g/mol. The Morgan fingerprint density at radius 1 is 1.27 bits per heavy atom. The van der Waals surface area contributed by atoms with Crippen LogP contribution in [0.3, 0.4) is 0 Å². The Kier molecular flexibility index (Phi) is 3.70. The minimum Gasteiger partial charge on any atom is -0.373 e. The topological polar surface area (TPSA) is 12.5 Å². The number of hydrogen-bond donors (Lipinski definition) is 0. The Bertz CT molecular complexity index is 234. The predicted molar refractivity (Wildman–Crippen MR) is 63.4 cm³/mol. The van der Waals surface area contributed by atoms with E-state index < -0.39 is 0 Å². The van der Waals surface area contributed by atoms with E-state index in [9.17, 15) is 0 Å². The molecule has 3 heteroatoms. The number of hydrogen-bond acceptors (Lipinski definition) is 2. The number of halogens is 1. The standard InChI is InChI=1S/C12H20ClNO/c1-9-7-14(8-10(2)15-9)12-5-3-4-11(13)6-12/h3,5,9-12H,4,6-8H2,1-2H3. The lowest BCUT2D eigenvalue weighted by atomic mass is 9.99. The van der Waals surface area contributed by atoms with Gasteiger partial charge in [-0.1, -0.05) is 12.2 Å². The first-order chi connectivity index (χ1) is 7.15. The van der Waals surface area contributed by atoms with Gasteiger partial charge in [-0.2, -0.15) is 0 Å². The highest BCUT2D eigenvalue weighted by Gasteiger charge is 2.28. The maximum Gasteiger partial charge on any atom is 0.0678 e. The monoisotopic (exact) mass is 229 g/mol. The maximum absolute atomic E-state index is 6.19. The van der Waals surface area contributed by atoms with Crippen LogP contribution >= 0.6 is 11.6 Å². The van der Waals surface area contributed by atoms with Gasteiger partial charge < -0.3 is 4.74 Å². The van der Waals surface area contributed by atoms with Crippen molar-refractivity contribution in [2.45, 2.75) is 50.3 Å². The molecule has 0 amide bonds. The number of morpholine rings is 1. The molecule has 1 heterocycles. The van der Waals surface area contributed by atoms with Crippen LogP contribution in [-0.4, -0.2) is 41.6 Å². The average molecular weight is 230 g/mol. The fraction of sp³-hybridized carbons (Fsp3) is 0.833. The number of alkyl halides is 1. The van der Waals surface area contributed by atoms with Gasteiger partial charge in [0.25, 0.3) is 0 Å². The van der Waals surface area contributed by atoms with Gasteiger partial charge in [0.15, 0.2) is 0 Å². The van der Waals surface area contributed by atoms with Crippen LogP contribution in [0.5, 0.6) is 0 Å². The number of nitrogens with zero attached hydrogens (tertiary/aromatic N) is 1. The summed E-state index contributed by atoms with van der Waals surface area (Å²) in [6.07, 6.45) is 7.32. The van der Waals surface area contributed by atoms with Gasteiger partial charge in [-0.3, -0.25) is 4.90 Å².